The zero-order chi connectivity index (χ0) is 20.2. The quantitative estimate of drug-likeness (QED) is 0.623. The summed E-state index contributed by atoms with van der Waals surface area (Å²) in [5, 5.41) is 13.5. The number of aliphatic hydroxyl groups is 1. The summed E-state index contributed by atoms with van der Waals surface area (Å²) in [5.74, 6) is -0.200. The molecular weight excluding hydrogens is 375 g/mol. The number of rotatable bonds is 6. The summed E-state index contributed by atoms with van der Waals surface area (Å²) in [5.41, 5.74) is 2.49. The summed E-state index contributed by atoms with van der Waals surface area (Å²) >= 11 is 0. The Morgan fingerprint density at radius 1 is 1.24 bits per heavy atom. The van der Waals surface area contributed by atoms with Gasteiger partial charge in [0.2, 0.25) is 0 Å². The van der Waals surface area contributed by atoms with Crippen LogP contribution in [0.5, 0.6) is 0 Å². The summed E-state index contributed by atoms with van der Waals surface area (Å²) < 4.78 is 24.1. The fourth-order valence-electron chi connectivity index (χ4n) is 3.55. The largest absolute Gasteiger partial charge is 0.458 e. The first-order valence-electron chi connectivity index (χ1n) is 9.41. The molecular formula is C22H21FN2O4. The maximum absolute atomic E-state index is 13.3. The van der Waals surface area contributed by atoms with Gasteiger partial charge >= 0.3 is 5.97 Å². The van der Waals surface area contributed by atoms with Crippen molar-refractivity contribution in [3.63, 3.8) is 0 Å². The smallest absolute Gasteiger partial charge is 0.310 e. The fraction of sp³-hybridized carbons (Fsp3) is 0.273. The van der Waals surface area contributed by atoms with Crippen LogP contribution >= 0.6 is 0 Å². The topological polar surface area (TPSA) is 84.6 Å². The molecule has 0 radical (unpaired) electrons. The van der Waals surface area contributed by atoms with E-state index in [1.54, 1.807) is 18.3 Å². The summed E-state index contributed by atoms with van der Waals surface area (Å²) in [7, 11) is 0. The molecule has 1 aromatic heterocycles. The molecule has 0 amide bonds. The van der Waals surface area contributed by atoms with Crippen molar-refractivity contribution < 1.29 is 23.4 Å². The Kier molecular flexibility index (Phi) is 5.69. The monoisotopic (exact) mass is 396 g/mol. The number of nitrogens with zero attached hydrogens (tertiary/aromatic N) is 1. The van der Waals surface area contributed by atoms with Crippen LogP contribution in [0.15, 0.2) is 65.5 Å². The van der Waals surface area contributed by atoms with E-state index < -0.39 is 24.0 Å². The van der Waals surface area contributed by atoms with Gasteiger partial charge in [0.05, 0.1) is 18.7 Å². The molecule has 1 fully saturated rings. The number of esters is 1. The van der Waals surface area contributed by atoms with Crippen LogP contribution in [-0.2, 0) is 22.4 Å². The second-order valence-electron chi connectivity index (χ2n) is 7.11. The summed E-state index contributed by atoms with van der Waals surface area (Å²) in [6.07, 6.45) is 2.13. The van der Waals surface area contributed by atoms with Crippen molar-refractivity contribution in [3.05, 3.63) is 78.1 Å². The van der Waals surface area contributed by atoms with Crippen LogP contribution in [0, 0.1) is 5.82 Å². The minimum absolute atomic E-state index is 0.0421. The van der Waals surface area contributed by atoms with Gasteiger partial charge in [-0.1, -0.05) is 36.4 Å². The van der Waals surface area contributed by atoms with Gasteiger partial charge in [0, 0.05) is 12.1 Å². The van der Waals surface area contributed by atoms with Crippen molar-refractivity contribution in [2.24, 2.45) is 0 Å². The van der Waals surface area contributed by atoms with Gasteiger partial charge in [-0.05, 0) is 29.7 Å². The number of benzene rings is 2. The number of β-amino-alcohol motifs (C(OH)–C–C–N with tert-alkyl or cyclic N) is 1. The van der Waals surface area contributed by atoms with E-state index in [1.165, 1.54) is 18.5 Å². The number of carbonyl (C=O) groups excluding carboxylic acids is 1. The SMILES string of the molecule is O=C(Cc1cccc(F)c1)O[C@@H]1[C@@H](O)CN[C@@H]1Cc1ccc(-c2cnco2)cc1. The first-order chi connectivity index (χ1) is 14.1. The third kappa shape index (κ3) is 4.70. The summed E-state index contributed by atoms with van der Waals surface area (Å²) in [6.45, 7) is 0.346. The minimum Gasteiger partial charge on any atom is -0.458 e. The van der Waals surface area contributed by atoms with Crippen LogP contribution in [0.2, 0.25) is 0 Å². The van der Waals surface area contributed by atoms with Crippen LogP contribution in [0.3, 0.4) is 0 Å². The molecule has 2 heterocycles. The number of hydrogen-bond acceptors (Lipinski definition) is 6. The van der Waals surface area contributed by atoms with E-state index in [-0.39, 0.29) is 12.5 Å². The number of nitrogens with one attached hydrogen (secondary N) is 1. The van der Waals surface area contributed by atoms with Crippen LogP contribution in [-0.4, -0.2) is 40.9 Å². The third-order valence-electron chi connectivity index (χ3n) is 5.00. The molecule has 4 rings (SSSR count). The highest BCUT2D eigenvalue weighted by atomic mass is 19.1. The Balaban J connectivity index is 1.38. The van der Waals surface area contributed by atoms with Crippen molar-refractivity contribution in [1.29, 1.82) is 0 Å². The van der Waals surface area contributed by atoms with Crippen LogP contribution in [0.1, 0.15) is 11.1 Å². The number of hydrogen-bond donors (Lipinski definition) is 2. The molecule has 3 atom stereocenters. The lowest BCUT2D eigenvalue weighted by atomic mass is 10.00. The standard InChI is InChI=1S/C22H21FN2O4/c23-17-3-1-2-15(8-17)10-21(27)29-22-18(25-11-19(22)26)9-14-4-6-16(7-5-14)20-12-24-13-28-20/h1-8,12-13,18-19,22,25-26H,9-11H2/t18-,19+,22+/m1/s1. The van der Waals surface area contributed by atoms with Gasteiger partial charge in [-0.15, -0.1) is 0 Å². The van der Waals surface area contributed by atoms with Gasteiger partial charge in [0.1, 0.15) is 18.0 Å². The lowest BCUT2D eigenvalue weighted by Gasteiger charge is -2.22. The highest BCUT2D eigenvalue weighted by Gasteiger charge is 2.37. The number of halogens is 1. The van der Waals surface area contributed by atoms with Crippen LogP contribution in [0.4, 0.5) is 4.39 Å². The molecule has 2 N–H and O–H groups in total. The Labute approximate surface area is 167 Å². The third-order valence-corrected chi connectivity index (χ3v) is 5.00. The molecule has 1 aliphatic heterocycles. The lowest BCUT2D eigenvalue weighted by molar-refractivity contribution is -0.153. The molecule has 0 bridgehead atoms. The maximum atomic E-state index is 13.3. The normalized spacial score (nSPS) is 21.2. The maximum Gasteiger partial charge on any atom is 0.310 e. The van der Waals surface area contributed by atoms with E-state index in [0.29, 0.717) is 24.3 Å². The second kappa shape index (κ2) is 8.55. The predicted octanol–water partition coefficient (Wildman–Crippen LogP) is 2.51. The summed E-state index contributed by atoms with van der Waals surface area (Å²) in [4.78, 5) is 16.2. The molecule has 2 aromatic carbocycles. The molecule has 0 unspecified atom stereocenters. The fourth-order valence-corrected chi connectivity index (χ4v) is 3.55. The number of ether oxygens (including phenoxy) is 1. The Hall–Kier alpha value is -3.03. The van der Waals surface area contributed by atoms with Crippen molar-refractivity contribution in [2.75, 3.05) is 6.54 Å². The molecule has 1 saturated heterocycles. The molecule has 150 valence electrons. The van der Waals surface area contributed by atoms with Gasteiger partial charge in [0.15, 0.2) is 12.2 Å². The summed E-state index contributed by atoms with van der Waals surface area (Å²) in [6, 6.07) is 13.4. The second-order valence-corrected chi connectivity index (χ2v) is 7.11. The van der Waals surface area contributed by atoms with E-state index in [9.17, 15) is 14.3 Å². The average Bonchev–Trinajstić information content (AvgIpc) is 3.35. The van der Waals surface area contributed by atoms with E-state index in [0.717, 1.165) is 11.1 Å². The Bertz CT molecular complexity index is 959. The minimum atomic E-state index is -0.787. The van der Waals surface area contributed by atoms with Crippen molar-refractivity contribution in [2.45, 2.75) is 31.1 Å². The zero-order valence-corrected chi connectivity index (χ0v) is 15.6. The molecule has 0 saturated carbocycles. The molecule has 0 aliphatic carbocycles. The highest BCUT2D eigenvalue weighted by Crippen LogP contribution is 2.22. The molecule has 1 aliphatic rings. The number of carbonyl (C=O) groups is 1. The molecule has 0 spiro atoms. The van der Waals surface area contributed by atoms with E-state index >= 15 is 0 Å². The van der Waals surface area contributed by atoms with E-state index in [1.807, 2.05) is 24.3 Å². The lowest BCUT2D eigenvalue weighted by Crippen LogP contribution is -2.39. The van der Waals surface area contributed by atoms with Crippen molar-refractivity contribution in [3.8, 4) is 11.3 Å². The first kappa shape index (κ1) is 19.3. The van der Waals surface area contributed by atoms with Gasteiger partial charge in [0.25, 0.3) is 0 Å². The van der Waals surface area contributed by atoms with Crippen molar-refractivity contribution >= 4 is 5.97 Å². The molecule has 6 nitrogen and oxygen atoms in total. The van der Waals surface area contributed by atoms with Gasteiger partial charge in [-0.2, -0.15) is 0 Å². The average molecular weight is 396 g/mol. The van der Waals surface area contributed by atoms with Gasteiger partial charge in [-0.25, -0.2) is 9.37 Å². The molecule has 7 heteroatoms. The number of oxazole rings is 1. The Morgan fingerprint density at radius 3 is 2.79 bits per heavy atom. The van der Waals surface area contributed by atoms with Gasteiger partial charge < -0.3 is 19.6 Å². The number of aliphatic hydroxyl groups excluding tert-OH is 1. The van der Waals surface area contributed by atoms with E-state index in [4.69, 9.17) is 9.15 Å². The first-order valence-corrected chi connectivity index (χ1v) is 9.41. The molecule has 3 aromatic rings. The van der Waals surface area contributed by atoms with Gasteiger partial charge in [-0.3, -0.25) is 4.79 Å². The van der Waals surface area contributed by atoms with E-state index in [2.05, 4.69) is 10.3 Å². The zero-order valence-electron chi connectivity index (χ0n) is 15.6. The Morgan fingerprint density at radius 2 is 2.07 bits per heavy atom. The van der Waals surface area contributed by atoms with Crippen LogP contribution < -0.4 is 5.32 Å². The van der Waals surface area contributed by atoms with Crippen LogP contribution in [0.25, 0.3) is 11.3 Å². The van der Waals surface area contributed by atoms with Crippen molar-refractivity contribution in [1.82, 2.24) is 10.3 Å². The predicted molar refractivity (Wildman–Crippen MR) is 103 cm³/mol. The highest BCUT2D eigenvalue weighted by molar-refractivity contribution is 5.72. The molecule has 29 heavy (non-hydrogen) atoms. The number of aromatic nitrogens is 1.